The number of urea groups is 1. The zero-order valence-corrected chi connectivity index (χ0v) is 17.8. The van der Waals surface area contributed by atoms with E-state index in [0.717, 1.165) is 5.56 Å². The molecule has 8 heteroatoms. The molecule has 0 unspecified atom stereocenters. The highest BCUT2D eigenvalue weighted by molar-refractivity contribution is 6.36. The number of benzene rings is 3. The average Bonchev–Trinajstić information content (AvgIpc) is 2.72. The largest absolute Gasteiger partial charge is 0.494 e. The molecule has 3 N–H and O–H groups in total. The minimum absolute atomic E-state index is 0.239. The number of hydrogen-bond acceptors (Lipinski definition) is 3. The van der Waals surface area contributed by atoms with Crippen LogP contribution in [0.2, 0.25) is 10.0 Å². The topological polar surface area (TPSA) is 79.5 Å². The molecule has 0 aliphatic carbocycles. The summed E-state index contributed by atoms with van der Waals surface area (Å²) in [6.07, 6.45) is 0. The van der Waals surface area contributed by atoms with Crippen LogP contribution in [-0.4, -0.2) is 19.0 Å². The minimum atomic E-state index is -0.502. The van der Waals surface area contributed by atoms with Crippen molar-refractivity contribution in [1.82, 2.24) is 0 Å². The highest BCUT2D eigenvalue weighted by Crippen LogP contribution is 2.32. The van der Waals surface area contributed by atoms with Gasteiger partial charge < -0.3 is 20.7 Å². The van der Waals surface area contributed by atoms with Crippen LogP contribution in [0.5, 0.6) is 5.75 Å². The summed E-state index contributed by atoms with van der Waals surface area (Å²) < 4.78 is 5.38. The van der Waals surface area contributed by atoms with Gasteiger partial charge in [-0.1, -0.05) is 41.4 Å². The van der Waals surface area contributed by atoms with Gasteiger partial charge in [-0.3, -0.25) is 4.79 Å². The molecule has 0 aliphatic heterocycles. The van der Waals surface area contributed by atoms with Gasteiger partial charge in [0.2, 0.25) is 0 Å². The van der Waals surface area contributed by atoms with Crippen LogP contribution < -0.4 is 20.7 Å². The second-order valence-electron chi connectivity index (χ2n) is 6.39. The standard InChI is InChI=1S/C22H19Cl2N3O3/c1-13-10-19(27-22(29)26-17-9-8-15(23)11-16(17)24)20(30-2)12-18(13)25-21(28)14-6-4-3-5-7-14/h3-12H,1-2H3,(H,25,28)(H2,26,27,29). The van der Waals surface area contributed by atoms with E-state index in [0.29, 0.717) is 38.4 Å². The second-order valence-corrected chi connectivity index (χ2v) is 7.23. The molecule has 0 bridgehead atoms. The van der Waals surface area contributed by atoms with Crippen LogP contribution in [-0.2, 0) is 0 Å². The van der Waals surface area contributed by atoms with Gasteiger partial charge in [0.1, 0.15) is 5.75 Å². The summed E-state index contributed by atoms with van der Waals surface area (Å²) in [6, 6.07) is 16.5. The number of nitrogens with one attached hydrogen (secondary N) is 3. The van der Waals surface area contributed by atoms with Crippen molar-refractivity contribution in [3.8, 4) is 5.75 Å². The molecule has 0 heterocycles. The molecule has 154 valence electrons. The molecular formula is C22H19Cl2N3O3. The predicted octanol–water partition coefficient (Wildman–Crippen LogP) is 6.21. The van der Waals surface area contributed by atoms with Gasteiger partial charge in [-0.25, -0.2) is 4.79 Å². The third-order valence-electron chi connectivity index (χ3n) is 4.26. The molecule has 0 aliphatic rings. The van der Waals surface area contributed by atoms with Gasteiger partial charge in [-0.15, -0.1) is 0 Å². The van der Waals surface area contributed by atoms with Crippen LogP contribution >= 0.6 is 23.2 Å². The first-order chi connectivity index (χ1) is 14.4. The van der Waals surface area contributed by atoms with E-state index in [2.05, 4.69) is 16.0 Å². The molecule has 0 saturated carbocycles. The first kappa shape index (κ1) is 21.5. The lowest BCUT2D eigenvalue weighted by molar-refractivity contribution is 0.102. The van der Waals surface area contributed by atoms with Crippen molar-refractivity contribution in [2.75, 3.05) is 23.1 Å². The zero-order chi connectivity index (χ0) is 21.7. The van der Waals surface area contributed by atoms with Gasteiger partial charge in [0.25, 0.3) is 5.91 Å². The highest BCUT2D eigenvalue weighted by Gasteiger charge is 2.14. The van der Waals surface area contributed by atoms with Crippen molar-refractivity contribution >= 4 is 52.2 Å². The van der Waals surface area contributed by atoms with E-state index in [4.69, 9.17) is 27.9 Å². The average molecular weight is 444 g/mol. The van der Waals surface area contributed by atoms with Crippen LogP contribution in [0.3, 0.4) is 0 Å². The van der Waals surface area contributed by atoms with Crippen molar-refractivity contribution in [1.29, 1.82) is 0 Å². The summed E-state index contributed by atoms with van der Waals surface area (Å²) in [4.78, 5) is 24.8. The number of amides is 3. The molecule has 30 heavy (non-hydrogen) atoms. The first-order valence-corrected chi connectivity index (χ1v) is 9.71. The van der Waals surface area contributed by atoms with Crippen LogP contribution in [0.4, 0.5) is 21.9 Å². The number of carbonyl (C=O) groups excluding carboxylic acids is 2. The summed E-state index contributed by atoms with van der Waals surface area (Å²) in [5.74, 6) is 0.151. The maximum atomic E-state index is 12.4. The summed E-state index contributed by atoms with van der Waals surface area (Å²) in [6.45, 7) is 1.82. The van der Waals surface area contributed by atoms with E-state index in [1.165, 1.54) is 13.2 Å². The van der Waals surface area contributed by atoms with Gasteiger partial charge in [-0.05, 0) is 48.9 Å². The summed E-state index contributed by atoms with van der Waals surface area (Å²) in [7, 11) is 1.48. The second kappa shape index (κ2) is 9.52. The van der Waals surface area contributed by atoms with Crippen molar-refractivity contribution in [3.63, 3.8) is 0 Å². The maximum Gasteiger partial charge on any atom is 0.323 e. The quantitative estimate of drug-likeness (QED) is 0.438. The Morgan fingerprint density at radius 3 is 2.20 bits per heavy atom. The van der Waals surface area contributed by atoms with Crippen molar-refractivity contribution < 1.29 is 14.3 Å². The third kappa shape index (κ3) is 5.23. The Bertz CT molecular complexity index is 1090. The van der Waals surface area contributed by atoms with Crippen molar-refractivity contribution in [2.24, 2.45) is 0 Å². The van der Waals surface area contributed by atoms with Gasteiger partial charge in [-0.2, -0.15) is 0 Å². The fourth-order valence-corrected chi connectivity index (χ4v) is 3.20. The molecule has 0 atom stereocenters. The van der Waals surface area contributed by atoms with Crippen molar-refractivity contribution in [3.05, 3.63) is 81.8 Å². The van der Waals surface area contributed by atoms with Crippen LogP contribution in [0, 0.1) is 6.92 Å². The lowest BCUT2D eigenvalue weighted by atomic mass is 10.1. The number of aryl methyl sites for hydroxylation is 1. The fourth-order valence-electron chi connectivity index (χ4n) is 2.74. The van der Waals surface area contributed by atoms with E-state index in [9.17, 15) is 9.59 Å². The normalized spacial score (nSPS) is 10.3. The Labute approximate surface area is 184 Å². The molecule has 6 nitrogen and oxygen atoms in total. The molecule has 0 aromatic heterocycles. The van der Waals surface area contributed by atoms with E-state index < -0.39 is 6.03 Å². The van der Waals surface area contributed by atoms with Gasteiger partial charge >= 0.3 is 6.03 Å². The monoisotopic (exact) mass is 443 g/mol. The zero-order valence-electron chi connectivity index (χ0n) is 16.3. The number of rotatable bonds is 5. The maximum absolute atomic E-state index is 12.4. The smallest absolute Gasteiger partial charge is 0.323 e. The lowest BCUT2D eigenvalue weighted by Gasteiger charge is -2.16. The van der Waals surface area contributed by atoms with E-state index in [1.807, 2.05) is 13.0 Å². The first-order valence-electron chi connectivity index (χ1n) is 8.95. The molecule has 0 spiro atoms. The summed E-state index contributed by atoms with van der Waals surface area (Å²) in [5, 5.41) is 9.03. The molecule has 0 fully saturated rings. The lowest BCUT2D eigenvalue weighted by Crippen LogP contribution is -2.20. The third-order valence-corrected chi connectivity index (χ3v) is 4.81. The van der Waals surface area contributed by atoms with Crippen LogP contribution in [0.25, 0.3) is 0 Å². The Balaban J connectivity index is 1.76. The Morgan fingerprint density at radius 2 is 1.53 bits per heavy atom. The summed E-state index contributed by atoms with van der Waals surface area (Å²) in [5.41, 5.74) is 2.72. The minimum Gasteiger partial charge on any atom is -0.494 e. The molecule has 3 aromatic rings. The number of anilines is 3. The number of hydrogen-bond donors (Lipinski definition) is 3. The molecular weight excluding hydrogens is 425 g/mol. The van der Waals surface area contributed by atoms with Crippen LogP contribution in [0.15, 0.2) is 60.7 Å². The Morgan fingerprint density at radius 1 is 0.833 bits per heavy atom. The number of methoxy groups -OCH3 is 1. The predicted molar refractivity (Wildman–Crippen MR) is 121 cm³/mol. The van der Waals surface area contributed by atoms with Gasteiger partial charge in [0.15, 0.2) is 0 Å². The molecule has 0 radical (unpaired) electrons. The van der Waals surface area contributed by atoms with Gasteiger partial charge in [0, 0.05) is 22.3 Å². The van der Waals surface area contributed by atoms with E-state index in [1.54, 1.807) is 48.5 Å². The fraction of sp³-hybridized carbons (Fsp3) is 0.0909. The van der Waals surface area contributed by atoms with Crippen LogP contribution in [0.1, 0.15) is 15.9 Å². The van der Waals surface area contributed by atoms with E-state index >= 15 is 0 Å². The van der Waals surface area contributed by atoms with E-state index in [-0.39, 0.29) is 5.91 Å². The number of halogens is 2. The molecule has 0 saturated heterocycles. The molecule has 3 rings (SSSR count). The van der Waals surface area contributed by atoms with Crippen molar-refractivity contribution in [2.45, 2.75) is 6.92 Å². The Hall–Kier alpha value is -3.22. The molecule has 3 aromatic carbocycles. The van der Waals surface area contributed by atoms with Gasteiger partial charge in [0.05, 0.1) is 23.5 Å². The number of ether oxygens (including phenoxy) is 1. The number of carbonyl (C=O) groups is 2. The summed E-state index contributed by atoms with van der Waals surface area (Å²) >= 11 is 12.0. The molecule has 3 amide bonds. The SMILES string of the molecule is COc1cc(NC(=O)c2ccccc2)c(C)cc1NC(=O)Nc1ccc(Cl)cc1Cl. The Kier molecular flexibility index (Phi) is 6.82. The highest BCUT2D eigenvalue weighted by atomic mass is 35.5.